The van der Waals surface area contributed by atoms with E-state index >= 15 is 0 Å². The molecule has 0 bridgehead atoms. The zero-order valence-corrected chi connectivity index (χ0v) is 31.8. The molecule has 0 spiro atoms. The molecule has 0 aliphatic carbocycles. The zero-order chi connectivity index (χ0) is 33.3. The van der Waals surface area contributed by atoms with Gasteiger partial charge in [-0.1, -0.05) is 230 Å². The van der Waals surface area contributed by atoms with Gasteiger partial charge >= 0.3 is 0 Å². The van der Waals surface area contributed by atoms with E-state index in [2.05, 4.69) is 66.3 Å². The third kappa shape index (κ3) is 23.4. The Kier molecular flexibility index (Phi) is 28.0. The molecule has 0 saturated heterocycles. The quantitative estimate of drug-likeness (QED) is 0.0680. The van der Waals surface area contributed by atoms with E-state index in [-0.39, 0.29) is 0 Å². The summed E-state index contributed by atoms with van der Waals surface area (Å²) >= 11 is 0. The Bertz CT molecular complexity index is 859. The number of hydrogen-bond donors (Lipinski definition) is 0. The van der Waals surface area contributed by atoms with Crippen LogP contribution in [-0.2, 0) is 6.42 Å². The molecule has 0 saturated carbocycles. The highest BCUT2D eigenvalue weighted by Crippen LogP contribution is 2.32. The molecule has 2 nitrogen and oxygen atoms in total. The van der Waals surface area contributed by atoms with Gasteiger partial charge in [-0.15, -0.1) is 0 Å². The van der Waals surface area contributed by atoms with Crippen LogP contribution in [0.4, 0.5) is 0 Å². The first-order valence-corrected chi connectivity index (χ1v) is 21.4. The first kappa shape index (κ1) is 41.6. The molecule has 1 heterocycles. The molecule has 1 aromatic carbocycles. The fourth-order valence-electron chi connectivity index (χ4n) is 7.77. The van der Waals surface area contributed by atoms with Gasteiger partial charge in [0.25, 0.3) is 0 Å². The largest absolute Gasteiger partial charge is 0.334 e. The van der Waals surface area contributed by atoms with Crippen molar-refractivity contribution in [3.05, 3.63) is 54.6 Å². The Hall–Kier alpha value is -1.57. The van der Waals surface area contributed by atoms with Crippen LogP contribution in [0.2, 0.25) is 0 Å². The summed E-state index contributed by atoms with van der Waals surface area (Å²) in [6.45, 7) is 4.62. The minimum absolute atomic E-state index is 0.571. The monoisotopic (exact) mass is 649 g/mol. The minimum Gasteiger partial charge on any atom is -0.334 e. The average Bonchev–Trinajstić information content (AvgIpc) is 3.63. The molecule has 2 heteroatoms. The molecule has 2 unspecified atom stereocenters. The van der Waals surface area contributed by atoms with Gasteiger partial charge < -0.3 is 4.57 Å². The molecule has 47 heavy (non-hydrogen) atoms. The van der Waals surface area contributed by atoms with Gasteiger partial charge in [0.1, 0.15) is 0 Å². The van der Waals surface area contributed by atoms with Crippen molar-refractivity contribution in [1.29, 1.82) is 0 Å². The number of hydrogen-bond acceptors (Lipinski definition) is 1. The Morgan fingerprint density at radius 2 is 0.851 bits per heavy atom. The molecule has 0 amide bonds. The van der Waals surface area contributed by atoms with Crippen molar-refractivity contribution < 1.29 is 0 Å². The normalized spacial score (nSPS) is 12.9. The third-order valence-electron chi connectivity index (χ3n) is 10.8. The highest BCUT2D eigenvalue weighted by molar-refractivity contribution is 5.15. The molecule has 0 aliphatic rings. The van der Waals surface area contributed by atoms with Gasteiger partial charge in [-0.3, -0.25) is 0 Å². The van der Waals surface area contributed by atoms with Gasteiger partial charge in [-0.25, -0.2) is 4.98 Å². The predicted octanol–water partition coefficient (Wildman–Crippen LogP) is 15.4. The van der Waals surface area contributed by atoms with E-state index in [1.807, 2.05) is 6.20 Å². The molecule has 2 atom stereocenters. The van der Waals surface area contributed by atoms with Gasteiger partial charge in [0.05, 0.1) is 6.33 Å². The molecule has 0 fully saturated rings. The van der Waals surface area contributed by atoms with Crippen molar-refractivity contribution in [2.45, 2.75) is 225 Å². The highest BCUT2D eigenvalue weighted by atomic mass is 15.1. The Morgan fingerprint density at radius 3 is 1.23 bits per heavy atom. The summed E-state index contributed by atoms with van der Waals surface area (Å²) in [6.07, 6.45) is 51.7. The average molecular weight is 649 g/mol. The first-order valence-electron chi connectivity index (χ1n) is 21.4. The van der Waals surface area contributed by atoms with Crippen LogP contribution in [0.25, 0.3) is 0 Å². The van der Waals surface area contributed by atoms with Crippen molar-refractivity contribution in [2.75, 3.05) is 0 Å². The summed E-state index contributed by atoms with van der Waals surface area (Å²) in [5, 5.41) is 0. The first-order chi connectivity index (χ1) is 23.3. The van der Waals surface area contributed by atoms with Crippen molar-refractivity contribution in [3.8, 4) is 0 Å². The van der Waals surface area contributed by atoms with Crippen LogP contribution < -0.4 is 0 Å². The Balaban J connectivity index is 1.63. The standard InChI is InChI=1S/C45H80N2/c1-3-5-7-9-11-13-15-17-18-19-21-22-24-26-28-33-37-44(41-43-35-31-30-32-36-43)45(47-40-39-46-42-47)38-34-29-27-25-23-20-16-14-12-10-8-6-4-2/h30-32,35-36,39-40,42,44-45H,3-29,33-34,37-38,41H2,1-2H3. The number of aromatic nitrogens is 2. The van der Waals surface area contributed by atoms with Gasteiger partial charge in [0, 0.05) is 18.4 Å². The second kappa shape index (κ2) is 31.7. The summed E-state index contributed by atoms with van der Waals surface area (Å²) in [5.74, 6) is 0.690. The van der Waals surface area contributed by atoms with Crippen molar-refractivity contribution >= 4 is 0 Å². The van der Waals surface area contributed by atoms with E-state index in [9.17, 15) is 0 Å². The van der Waals surface area contributed by atoms with E-state index < -0.39 is 0 Å². The zero-order valence-electron chi connectivity index (χ0n) is 31.8. The Labute approximate surface area is 294 Å². The summed E-state index contributed by atoms with van der Waals surface area (Å²) in [7, 11) is 0. The SMILES string of the molecule is CCCCCCCCCCCCCCCCCCC(Cc1ccccc1)C(CCCCCCCCCCCCCCC)n1ccnc1. The summed E-state index contributed by atoms with van der Waals surface area (Å²) in [6, 6.07) is 11.9. The van der Waals surface area contributed by atoms with Crippen LogP contribution in [0.3, 0.4) is 0 Å². The number of rotatable bonds is 35. The maximum atomic E-state index is 4.49. The summed E-state index contributed by atoms with van der Waals surface area (Å²) < 4.78 is 2.46. The summed E-state index contributed by atoms with van der Waals surface area (Å²) in [4.78, 5) is 4.49. The molecule has 0 aliphatic heterocycles. The van der Waals surface area contributed by atoms with Crippen LogP contribution in [0.1, 0.15) is 224 Å². The van der Waals surface area contributed by atoms with E-state index in [1.165, 1.54) is 211 Å². The number of imidazole rings is 1. The van der Waals surface area contributed by atoms with Crippen molar-refractivity contribution in [2.24, 2.45) is 5.92 Å². The van der Waals surface area contributed by atoms with E-state index in [0.717, 1.165) is 0 Å². The lowest BCUT2D eigenvalue weighted by Crippen LogP contribution is -2.21. The van der Waals surface area contributed by atoms with Gasteiger partial charge in [0.2, 0.25) is 0 Å². The molecule has 1 aromatic heterocycles. The maximum absolute atomic E-state index is 4.49. The lowest BCUT2D eigenvalue weighted by atomic mass is 9.84. The lowest BCUT2D eigenvalue weighted by molar-refractivity contribution is 0.275. The second-order valence-electron chi connectivity index (χ2n) is 15.2. The van der Waals surface area contributed by atoms with Crippen LogP contribution >= 0.6 is 0 Å². The molecule has 270 valence electrons. The third-order valence-corrected chi connectivity index (χ3v) is 10.8. The topological polar surface area (TPSA) is 17.8 Å². The van der Waals surface area contributed by atoms with Crippen molar-refractivity contribution in [3.63, 3.8) is 0 Å². The van der Waals surface area contributed by atoms with Crippen LogP contribution in [-0.4, -0.2) is 9.55 Å². The van der Waals surface area contributed by atoms with E-state index in [0.29, 0.717) is 12.0 Å². The molecule has 2 aromatic rings. The number of benzene rings is 1. The van der Waals surface area contributed by atoms with Crippen LogP contribution in [0, 0.1) is 5.92 Å². The molecular formula is C45H80N2. The fourth-order valence-corrected chi connectivity index (χ4v) is 7.77. The number of nitrogens with zero attached hydrogens (tertiary/aromatic N) is 2. The van der Waals surface area contributed by atoms with E-state index in [4.69, 9.17) is 0 Å². The highest BCUT2D eigenvalue weighted by Gasteiger charge is 2.23. The van der Waals surface area contributed by atoms with E-state index in [1.54, 1.807) is 0 Å². The molecule has 0 radical (unpaired) electrons. The Morgan fingerprint density at radius 1 is 0.468 bits per heavy atom. The van der Waals surface area contributed by atoms with Gasteiger partial charge in [-0.05, 0) is 30.7 Å². The molecule has 2 rings (SSSR count). The lowest BCUT2D eigenvalue weighted by Gasteiger charge is -2.29. The molecular weight excluding hydrogens is 569 g/mol. The second-order valence-corrected chi connectivity index (χ2v) is 15.2. The molecule has 0 N–H and O–H groups in total. The van der Waals surface area contributed by atoms with Crippen LogP contribution in [0.15, 0.2) is 49.1 Å². The fraction of sp³-hybridized carbons (Fsp3) is 0.800. The smallest absolute Gasteiger partial charge is 0.0948 e. The van der Waals surface area contributed by atoms with Gasteiger partial charge in [0.15, 0.2) is 0 Å². The minimum atomic E-state index is 0.571. The van der Waals surface area contributed by atoms with Crippen molar-refractivity contribution in [1.82, 2.24) is 9.55 Å². The van der Waals surface area contributed by atoms with Gasteiger partial charge in [-0.2, -0.15) is 0 Å². The maximum Gasteiger partial charge on any atom is 0.0948 e. The number of unbranched alkanes of at least 4 members (excludes halogenated alkanes) is 27. The van der Waals surface area contributed by atoms with Crippen LogP contribution in [0.5, 0.6) is 0 Å². The predicted molar refractivity (Wildman–Crippen MR) is 209 cm³/mol. The summed E-state index contributed by atoms with van der Waals surface area (Å²) in [5.41, 5.74) is 1.50.